The monoisotopic (exact) mass is 382 g/mol. The van der Waals surface area contributed by atoms with Gasteiger partial charge in [-0.2, -0.15) is 5.10 Å². The highest BCUT2D eigenvalue weighted by molar-refractivity contribution is 5.92. The standard InChI is InChI=1S/C21H26N4O3/c1-13-15(9-10-18(26)22-12-11-21(3,4)20(27)28)14(2)25-19(23-13)16-7-5-6-8-17(16)24-25/h5-8H,9-12H2,1-4H3,(H,22,26)(H,27,28). The highest BCUT2D eigenvalue weighted by Gasteiger charge is 2.26. The van der Waals surface area contributed by atoms with E-state index in [-0.39, 0.29) is 5.91 Å². The third kappa shape index (κ3) is 3.83. The van der Waals surface area contributed by atoms with Crippen LogP contribution in [0.5, 0.6) is 0 Å². The van der Waals surface area contributed by atoms with Crippen LogP contribution in [0.25, 0.3) is 16.6 Å². The summed E-state index contributed by atoms with van der Waals surface area (Å²) in [5.74, 6) is -0.954. The number of rotatable bonds is 7. The van der Waals surface area contributed by atoms with E-state index in [1.54, 1.807) is 13.8 Å². The van der Waals surface area contributed by atoms with E-state index in [2.05, 4.69) is 10.4 Å². The number of nitrogens with one attached hydrogen (secondary N) is 1. The van der Waals surface area contributed by atoms with Crippen LogP contribution in [0.3, 0.4) is 0 Å². The average Bonchev–Trinajstić information content (AvgIpc) is 3.00. The molecule has 0 aliphatic heterocycles. The van der Waals surface area contributed by atoms with E-state index < -0.39 is 11.4 Å². The fourth-order valence-corrected chi connectivity index (χ4v) is 3.29. The molecule has 28 heavy (non-hydrogen) atoms. The second kappa shape index (κ2) is 7.58. The average molecular weight is 382 g/mol. The van der Waals surface area contributed by atoms with E-state index >= 15 is 0 Å². The van der Waals surface area contributed by atoms with Crippen LogP contribution in [0.4, 0.5) is 0 Å². The molecule has 3 aromatic rings. The summed E-state index contributed by atoms with van der Waals surface area (Å²) in [5, 5.41) is 17.6. The Kier molecular flexibility index (Phi) is 5.36. The first-order chi connectivity index (χ1) is 13.2. The first-order valence-electron chi connectivity index (χ1n) is 9.44. The molecule has 0 spiro atoms. The zero-order chi connectivity index (χ0) is 20.5. The van der Waals surface area contributed by atoms with Gasteiger partial charge in [-0.15, -0.1) is 0 Å². The van der Waals surface area contributed by atoms with Crippen LogP contribution in [-0.4, -0.2) is 38.1 Å². The van der Waals surface area contributed by atoms with Crippen LogP contribution in [0.2, 0.25) is 0 Å². The van der Waals surface area contributed by atoms with E-state index in [0.717, 1.165) is 33.5 Å². The highest BCUT2D eigenvalue weighted by atomic mass is 16.4. The maximum absolute atomic E-state index is 12.2. The van der Waals surface area contributed by atoms with E-state index in [1.807, 2.05) is 42.6 Å². The summed E-state index contributed by atoms with van der Waals surface area (Å²) in [4.78, 5) is 28.0. The van der Waals surface area contributed by atoms with Gasteiger partial charge in [-0.25, -0.2) is 9.50 Å². The van der Waals surface area contributed by atoms with E-state index in [0.29, 0.717) is 25.8 Å². The molecule has 0 atom stereocenters. The Labute approximate surface area is 163 Å². The molecule has 2 N–H and O–H groups in total. The number of hydrogen-bond donors (Lipinski definition) is 2. The van der Waals surface area contributed by atoms with Crippen LogP contribution < -0.4 is 5.32 Å². The molecule has 0 aliphatic carbocycles. The molecule has 0 saturated carbocycles. The van der Waals surface area contributed by atoms with E-state index in [9.17, 15) is 9.59 Å². The molecule has 0 unspecified atom stereocenters. The van der Waals surface area contributed by atoms with Crippen LogP contribution in [0, 0.1) is 19.3 Å². The van der Waals surface area contributed by atoms with Crippen molar-refractivity contribution in [3.05, 3.63) is 41.2 Å². The van der Waals surface area contributed by atoms with Crippen molar-refractivity contribution in [3.8, 4) is 0 Å². The number of aromatic nitrogens is 3. The van der Waals surface area contributed by atoms with Crippen LogP contribution in [-0.2, 0) is 16.0 Å². The molecule has 3 rings (SSSR count). The van der Waals surface area contributed by atoms with Crippen molar-refractivity contribution in [1.82, 2.24) is 19.9 Å². The predicted molar refractivity (Wildman–Crippen MR) is 107 cm³/mol. The Morgan fingerprint density at radius 3 is 2.64 bits per heavy atom. The minimum absolute atomic E-state index is 0.0919. The van der Waals surface area contributed by atoms with Crippen molar-refractivity contribution in [2.45, 2.75) is 47.0 Å². The molecule has 7 heteroatoms. The molecular weight excluding hydrogens is 356 g/mol. The zero-order valence-electron chi connectivity index (χ0n) is 16.7. The number of benzene rings is 1. The van der Waals surface area contributed by atoms with Crippen molar-refractivity contribution >= 4 is 28.4 Å². The van der Waals surface area contributed by atoms with Crippen LogP contribution >= 0.6 is 0 Å². The van der Waals surface area contributed by atoms with Gasteiger partial charge in [0.15, 0.2) is 5.65 Å². The number of amides is 1. The number of hydrogen-bond acceptors (Lipinski definition) is 4. The zero-order valence-corrected chi connectivity index (χ0v) is 16.7. The first-order valence-corrected chi connectivity index (χ1v) is 9.44. The number of aryl methyl sites for hydroxylation is 2. The Hall–Kier alpha value is -2.96. The van der Waals surface area contributed by atoms with Crippen molar-refractivity contribution in [2.75, 3.05) is 6.54 Å². The Bertz CT molecular complexity index is 1050. The molecule has 0 bridgehead atoms. The minimum atomic E-state index is -0.862. The molecule has 0 saturated heterocycles. The summed E-state index contributed by atoms with van der Waals surface area (Å²) in [6.45, 7) is 7.61. The summed E-state index contributed by atoms with van der Waals surface area (Å²) in [5.41, 5.74) is 3.77. The SMILES string of the molecule is Cc1nc2c3ccccc3nn2c(C)c1CCC(=O)NCCC(C)(C)C(=O)O. The number of carboxylic acid groups (broad SMARTS) is 1. The van der Waals surface area contributed by atoms with Gasteiger partial charge in [-0.3, -0.25) is 9.59 Å². The molecular formula is C21H26N4O3. The number of carbonyl (C=O) groups is 2. The lowest BCUT2D eigenvalue weighted by molar-refractivity contribution is -0.147. The molecule has 148 valence electrons. The summed E-state index contributed by atoms with van der Waals surface area (Å²) in [6.07, 6.45) is 1.27. The van der Waals surface area contributed by atoms with Crippen LogP contribution in [0.15, 0.2) is 24.3 Å². The summed E-state index contributed by atoms with van der Waals surface area (Å²) < 4.78 is 1.85. The molecule has 2 heterocycles. The Balaban J connectivity index is 1.70. The number of aliphatic carboxylic acids is 1. The number of carbonyl (C=O) groups excluding carboxylic acids is 1. The van der Waals surface area contributed by atoms with Gasteiger partial charge in [-0.1, -0.05) is 12.1 Å². The minimum Gasteiger partial charge on any atom is -0.481 e. The molecule has 1 amide bonds. The quantitative estimate of drug-likeness (QED) is 0.655. The third-order valence-electron chi connectivity index (χ3n) is 5.27. The van der Waals surface area contributed by atoms with Gasteiger partial charge in [0.2, 0.25) is 5.91 Å². The maximum Gasteiger partial charge on any atom is 0.309 e. The molecule has 0 aliphatic rings. The topological polar surface area (TPSA) is 96.6 Å². The second-order valence-electron chi connectivity index (χ2n) is 7.80. The lowest BCUT2D eigenvalue weighted by Gasteiger charge is -2.19. The third-order valence-corrected chi connectivity index (χ3v) is 5.27. The van der Waals surface area contributed by atoms with Crippen molar-refractivity contribution < 1.29 is 14.7 Å². The van der Waals surface area contributed by atoms with Crippen molar-refractivity contribution in [2.24, 2.45) is 5.41 Å². The Morgan fingerprint density at radius 1 is 1.21 bits per heavy atom. The lowest BCUT2D eigenvalue weighted by Crippen LogP contribution is -2.32. The van der Waals surface area contributed by atoms with Crippen molar-refractivity contribution in [1.29, 1.82) is 0 Å². The number of carboxylic acids is 1. The van der Waals surface area contributed by atoms with Gasteiger partial charge in [0, 0.05) is 29.7 Å². The fourth-order valence-electron chi connectivity index (χ4n) is 3.29. The van der Waals surface area contributed by atoms with Gasteiger partial charge in [0.1, 0.15) is 0 Å². The smallest absolute Gasteiger partial charge is 0.309 e. The molecule has 7 nitrogen and oxygen atoms in total. The molecule has 0 fully saturated rings. The van der Waals surface area contributed by atoms with Gasteiger partial charge in [0.25, 0.3) is 0 Å². The highest BCUT2D eigenvalue weighted by Crippen LogP contribution is 2.23. The predicted octanol–water partition coefficient (Wildman–Crippen LogP) is 3.05. The van der Waals surface area contributed by atoms with Crippen molar-refractivity contribution in [3.63, 3.8) is 0 Å². The van der Waals surface area contributed by atoms with E-state index in [4.69, 9.17) is 10.1 Å². The Morgan fingerprint density at radius 2 is 1.93 bits per heavy atom. The summed E-state index contributed by atoms with van der Waals surface area (Å²) in [6, 6.07) is 7.90. The summed E-state index contributed by atoms with van der Waals surface area (Å²) in [7, 11) is 0. The first kappa shape index (κ1) is 19.8. The molecule has 2 aromatic heterocycles. The number of nitrogens with zero attached hydrogens (tertiary/aromatic N) is 3. The van der Waals surface area contributed by atoms with E-state index in [1.165, 1.54) is 0 Å². The lowest BCUT2D eigenvalue weighted by atomic mass is 9.90. The second-order valence-corrected chi connectivity index (χ2v) is 7.80. The largest absolute Gasteiger partial charge is 0.481 e. The van der Waals surface area contributed by atoms with Gasteiger partial charge >= 0.3 is 5.97 Å². The molecule has 1 aromatic carbocycles. The summed E-state index contributed by atoms with van der Waals surface area (Å²) >= 11 is 0. The van der Waals surface area contributed by atoms with Gasteiger partial charge < -0.3 is 10.4 Å². The molecule has 0 radical (unpaired) electrons. The number of fused-ring (bicyclic) bond motifs is 3. The van der Waals surface area contributed by atoms with Gasteiger partial charge in [0.05, 0.1) is 10.9 Å². The normalized spacial score (nSPS) is 11.9. The maximum atomic E-state index is 12.2. The van der Waals surface area contributed by atoms with Gasteiger partial charge in [-0.05, 0) is 58.2 Å². The van der Waals surface area contributed by atoms with Crippen LogP contribution in [0.1, 0.15) is 43.6 Å². The fraction of sp³-hybridized carbons (Fsp3) is 0.429.